The number of likely N-dealkylation sites (N-methyl/N-ethyl adjacent to an activating group) is 1. The van der Waals surface area contributed by atoms with Crippen LogP contribution in [0, 0.1) is 11.5 Å². The van der Waals surface area contributed by atoms with Crippen LogP contribution in [0.4, 0.5) is 0 Å². The molecule has 0 aliphatic carbocycles. The summed E-state index contributed by atoms with van der Waals surface area (Å²) in [5, 5.41) is 4.12. The Bertz CT molecular complexity index is 460. The van der Waals surface area contributed by atoms with Crippen molar-refractivity contribution in [3.05, 3.63) is 18.0 Å². The number of amides is 1. The molecule has 0 spiro atoms. The van der Waals surface area contributed by atoms with Crippen LogP contribution in [0.25, 0.3) is 0 Å². The van der Waals surface area contributed by atoms with Crippen LogP contribution in [0.1, 0.15) is 5.56 Å². The fourth-order valence-electron chi connectivity index (χ4n) is 1.05. The minimum atomic E-state index is -1.35. The summed E-state index contributed by atoms with van der Waals surface area (Å²) >= 11 is 0. The van der Waals surface area contributed by atoms with Crippen molar-refractivity contribution in [2.45, 2.75) is 26.2 Å². The number of hydrogen-bond acceptors (Lipinski definition) is 2. The number of hydrogen-bond donors (Lipinski definition) is 0. The van der Waals surface area contributed by atoms with E-state index in [0.717, 1.165) is 5.56 Å². The molecule has 1 aromatic rings. The van der Waals surface area contributed by atoms with Crippen molar-refractivity contribution >= 4 is 14.0 Å². The SMILES string of the molecule is CN(C)C(=O)Cn1cc(C#C[Si](C)(C)C)cn1. The molecule has 0 aliphatic rings. The summed E-state index contributed by atoms with van der Waals surface area (Å²) in [7, 11) is 2.11. The largest absolute Gasteiger partial charge is 0.347 e. The minimum Gasteiger partial charge on any atom is -0.347 e. The Kier molecular flexibility index (Phi) is 4.13. The lowest BCUT2D eigenvalue weighted by atomic mass is 10.4. The fourth-order valence-corrected chi connectivity index (χ4v) is 1.57. The maximum atomic E-state index is 11.5. The molecule has 0 fully saturated rings. The zero-order chi connectivity index (χ0) is 13.1. The third-order valence-electron chi connectivity index (χ3n) is 2.01. The lowest BCUT2D eigenvalue weighted by molar-refractivity contribution is -0.129. The van der Waals surface area contributed by atoms with Gasteiger partial charge in [0.15, 0.2) is 0 Å². The van der Waals surface area contributed by atoms with E-state index < -0.39 is 8.07 Å². The summed E-state index contributed by atoms with van der Waals surface area (Å²) in [4.78, 5) is 13.0. The first-order valence-electron chi connectivity index (χ1n) is 5.54. The van der Waals surface area contributed by atoms with E-state index in [1.807, 2.05) is 6.20 Å². The Balaban J connectivity index is 2.72. The lowest BCUT2D eigenvalue weighted by Crippen LogP contribution is -2.26. The van der Waals surface area contributed by atoms with Crippen molar-refractivity contribution in [1.82, 2.24) is 14.7 Å². The molecule has 0 atom stereocenters. The second-order valence-corrected chi connectivity index (χ2v) is 9.96. The van der Waals surface area contributed by atoms with Crippen LogP contribution in [0.15, 0.2) is 12.4 Å². The number of carbonyl (C=O) groups excluding carboxylic acids is 1. The summed E-state index contributed by atoms with van der Waals surface area (Å²) in [5.74, 6) is 3.14. The van der Waals surface area contributed by atoms with E-state index in [-0.39, 0.29) is 12.5 Å². The van der Waals surface area contributed by atoms with Crippen molar-refractivity contribution in [2.24, 2.45) is 0 Å². The van der Waals surface area contributed by atoms with Crippen LogP contribution in [-0.4, -0.2) is 42.8 Å². The number of aromatic nitrogens is 2. The molecule has 0 N–H and O–H groups in total. The number of rotatable bonds is 2. The van der Waals surface area contributed by atoms with Gasteiger partial charge in [0.05, 0.1) is 11.8 Å². The van der Waals surface area contributed by atoms with E-state index in [1.165, 1.54) is 0 Å². The summed E-state index contributed by atoms with van der Waals surface area (Å²) < 4.78 is 1.62. The highest BCUT2D eigenvalue weighted by molar-refractivity contribution is 6.83. The average molecular weight is 249 g/mol. The van der Waals surface area contributed by atoms with Crippen LogP contribution in [0.5, 0.6) is 0 Å². The Morgan fingerprint density at radius 2 is 2.12 bits per heavy atom. The van der Waals surface area contributed by atoms with Gasteiger partial charge in [0.2, 0.25) is 5.91 Å². The van der Waals surface area contributed by atoms with Crippen molar-refractivity contribution in [3.8, 4) is 11.5 Å². The molecule has 17 heavy (non-hydrogen) atoms. The maximum Gasteiger partial charge on any atom is 0.243 e. The van der Waals surface area contributed by atoms with Gasteiger partial charge in [-0.3, -0.25) is 9.48 Å². The molecule has 0 saturated carbocycles. The molecular weight excluding hydrogens is 230 g/mol. The van der Waals surface area contributed by atoms with Crippen molar-refractivity contribution < 1.29 is 4.79 Å². The summed E-state index contributed by atoms with van der Waals surface area (Å²) in [6.07, 6.45) is 3.52. The Morgan fingerprint density at radius 1 is 1.47 bits per heavy atom. The van der Waals surface area contributed by atoms with Gasteiger partial charge >= 0.3 is 0 Å². The van der Waals surface area contributed by atoms with Crippen molar-refractivity contribution in [1.29, 1.82) is 0 Å². The molecule has 92 valence electrons. The third kappa shape index (κ3) is 4.87. The van der Waals surface area contributed by atoms with E-state index in [1.54, 1.807) is 29.9 Å². The molecule has 5 heteroatoms. The van der Waals surface area contributed by atoms with Gasteiger partial charge in [0.1, 0.15) is 14.6 Å². The topological polar surface area (TPSA) is 38.1 Å². The van der Waals surface area contributed by atoms with Crippen LogP contribution in [0.3, 0.4) is 0 Å². The molecule has 1 rings (SSSR count). The fraction of sp³-hybridized carbons (Fsp3) is 0.500. The molecule has 1 amide bonds. The van der Waals surface area contributed by atoms with Gasteiger partial charge in [-0.1, -0.05) is 25.6 Å². The Labute approximate surface area is 104 Å². The molecule has 0 aromatic carbocycles. The van der Waals surface area contributed by atoms with Gasteiger partial charge in [0.25, 0.3) is 0 Å². The Morgan fingerprint density at radius 3 is 2.65 bits per heavy atom. The number of nitrogens with zero attached hydrogens (tertiary/aromatic N) is 3. The normalized spacial score (nSPS) is 10.6. The molecule has 0 unspecified atom stereocenters. The van der Waals surface area contributed by atoms with Gasteiger partial charge in [-0.2, -0.15) is 5.10 Å². The highest BCUT2D eigenvalue weighted by Crippen LogP contribution is 2.00. The third-order valence-corrected chi connectivity index (χ3v) is 2.89. The Hall–Kier alpha value is -1.54. The molecule has 0 radical (unpaired) electrons. The molecule has 0 bridgehead atoms. The first kappa shape index (κ1) is 13.5. The lowest BCUT2D eigenvalue weighted by Gasteiger charge is -2.09. The standard InChI is InChI=1S/C12H19N3OSi/c1-14(2)12(16)10-15-9-11(8-13-15)6-7-17(3,4)5/h8-9H,10H2,1-5H3. The zero-order valence-corrected chi connectivity index (χ0v) is 12.1. The van der Waals surface area contributed by atoms with Gasteiger partial charge in [-0.25, -0.2) is 0 Å². The second-order valence-electron chi connectivity index (χ2n) is 5.21. The molecule has 0 saturated heterocycles. The summed E-state index contributed by atoms with van der Waals surface area (Å²) in [6.45, 7) is 6.85. The van der Waals surface area contributed by atoms with E-state index in [4.69, 9.17) is 0 Å². The van der Waals surface area contributed by atoms with Gasteiger partial charge < -0.3 is 4.90 Å². The minimum absolute atomic E-state index is 0.0257. The first-order valence-corrected chi connectivity index (χ1v) is 9.04. The van der Waals surface area contributed by atoms with Crippen molar-refractivity contribution in [3.63, 3.8) is 0 Å². The average Bonchev–Trinajstić information content (AvgIpc) is 2.61. The first-order chi connectivity index (χ1) is 7.78. The van der Waals surface area contributed by atoms with E-state index >= 15 is 0 Å². The number of carbonyl (C=O) groups is 1. The predicted octanol–water partition coefficient (Wildman–Crippen LogP) is 1.20. The molecular formula is C12H19N3OSi. The molecule has 1 aromatic heterocycles. The molecule has 1 heterocycles. The highest BCUT2D eigenvalue weighted by Gasteiger charge is 2.08. The van der Waals surface area contributed by atoms with Crippen LogP contribution in [-0.2, 0) is 11.3 Å². The van der Waals surface area contributed by atoms with Gasteiger partial charge in [-0.05, 0) is 0 Å². The van der Waals surface area contributed by atoms with Crippen LogP contribution < -0.4 is 0 Å². The monoisotopic (exact) mass is 249 g/mol. The van der Waals surface area contributed by atoms with E-state index in [0.29, 0.717) is 0 Å². The quantitative estimate of drug-likeness (QED) is 0.583. The van der Waals surface area contributed by atoms with Crippen LogP contribution >= 0.6 is 0 Å². The smallest absolute Gasteiger partial charge is 0.243 e. The molecule has 0 aliphatic heterocycles. The molecule has 4 nitrogen and oxygen atoms in total. The highest BCUT2D eigenvalue weighted by atomic mass is 28.3. The predicted molar refractivity (Wildman–Crippen MR) is 71.1 cm³/mol. The zero-order valence-electron chi connectivity index (χ0n) is 11.1. The van der Waals surface area contributed by atoms with Crippen LogP contribution in [0.2, 0.25) is 19.6 Å². The van der Waals surface area contributed by atoms with Crippen molar-refractivity contribution in [2.75, 3.05) is 14.1 Å². The summed E-state index contributed by atoms with van der Waals surface area (Å²) in [5.41, 5.74) is 4.14. The van der Waals surface area contributed by atoms with Gasteiger partial charge in [-0.15, -0.1) is 5.54 Å². The second kappa shape index (κ2) is 5.19. The van der Waals surface area contributed by atoms with Gasteiger partial charge in [0, 0.05) is 20.3 Å². The maximum absolute atomic E-state index is 11.5. The van der Waals surface area contributed by atoms with E-state index in [9.17, 15) is 4.79 Å². The van der Waals surface area contributed by atoms with E-state index in [2.05, 4.69) is 36.2 Å². The summed E-state index contributed by atoms with van der Waals surface area (Å²) in [6, 6.07) is 0.